The molecule has 138 heavy (non-hydrogen) atoms. The van der Waals surface area contributed by atoms with Crippen molar-refractivity contribution >= 4 is 134 Å². The molecule has 0 unspecified atom stereocenters. The number of phenols is 1. The number of H-pyrrole nitrogens is 1. The Labute approximate surface area is 810 Å². The molecule has 3 aliphatic heterocycles. The van der Waals surface area contributed by atoms with Gasteiger partial charge in [-0.25, -0.2) is 32.6 Å². The van der Waals surface area contributed by atoms with E-state index in [1.54, 1.807) is 81.6 Å². The van der Waals surface area contributed by atoms with Gasteiger partial charge in [0.1, 0.15) is 41.0 Å². The summed E-state index contributed by atoms with van der Waals surface area (Å²) in [6.07, 6.45) is -1.17. The molecule has 23 N–H and O–H groups in total. The number of carboxylic acid groups (broad SMARTS) is 1. The first kappa shape index (κ1) is 112. The summed E-state index contributed by atoms with van der Waals surface area (Å²) in [5.41, 5.74) is 29.9. The topological polar surface area (TPSA) is 607 Å². The number of aromatic nitrogens is 1. The predicted octanol–water partition coefficient (Wildman–Crippen LogP) is 1.57. The second kappa shape index (κ2) is 54.9. The third kappa shape index (κ3) is 34.9. The number of benzene rings is 5. The molecule has 6 amide bonds. The Morgan fingerprint density at radius 2 is 1.21 bits per heavy atom. The molecular weight excluding hydrogens is 1820 g/mol. The largest absolute Gasteiger partial charge is 0.508 e. The highest BCUT2D eigenvalue weighted by atomic mass is 32.2. The summed E-state index contributed by atoms with van der Waals surface area (Å²) < 4.78 is 0. The average Bonchev–Trinajstić information content (AvgIpc) is 1.48. The van der Waals surface area contributed by atoms with Gasteiger partial charge in [-0.05, 0) is 155 Å². The molecule has 4 bridgehead atoms. The molecule has 748 valence electrons. The van der Waals surface area contributed by atoms with Crippen molar-refractivity contribution in [3.63, 3.8) is 0 Å². The van der Waals surface area contributed by atoms with Crippen molar-refractivity contribution in [1.82, 2.24) is 80.1 Å². The van der Waals surface area contributed by atoms with Crippen molar-refractivity contribution in [2.45, 2.75) is 253 Å². The van der Waals surface area contributed by atoms with Crippen molar-refractivity contribution in [2.24, 2.45) is 23.3 Å². The summed E-state index contributed by atoms with van der Waals surface area (Å²) in [6, 6.07) is 19.3. The van der Waals surface area contributed by atoms with E-state index in [1.807, 2.05) is 48.5 Å². The Morgan fingerprint density at radius 3 is 1.81 bits per heavy atom. The minimum atomic E-state index is -2.04. The number of ketones is 10. The van der Waals surface area contributed by atoms with Gasteiger partial charge in [0.2, 0.25) is 58.6 Å². The molecule has 6 aromatic rings. The third-order valence-corrected chi connectivity index (χ3v) is 27.0. The smallest absolute Gasteiger partial charge is 0.303 e. The maximum absolute atomic E-state index is 15.7. The van der Waals surface area contributed by atoms with Crippen LogP contribution in [0.5, 0.6) is 5.75 Å². The van der Waals surface area contributed by atoms with Crippen LogP contribution in [-0.4, -0.2) is 259 Å². The summed E-state index contributed by atoms with van der Waals surface area (Å²) in [6.45, 7) is 11.4. The number of aliphatic hydroxyl groups is 2. The molecule has 38 nitrogen and oxygen atoms in total. The molecule has 1 saturated carbocycles. The summed E-state index contributed by atoms with van der Waals surface area (Å²) >= 11 is 2.42. The van der Waals surface area contributed by atoms with Crippen LogP contribution in [0.15, 0.2) is 134 Å². The number of nitrogens with two attached hydrogens (primary N) is 2. The van der Waals surface area contributed by atoms with Crippen molar-refractivity contribution in [1.29, 1.82) is 0 Å². The number of phenolic OH excluding ortho intramolecular Hbond substituents is 1. The van der Waals surface area contributed by atoms with E-state index in [9.17, 15) is 68.4 Å². The van der Waals surface area contributed by atoms with Crippen LogP contribution in [0.3, 0.4) is 0 Å². The number of aliphatic carboxylic acids is 1. The minimum absolute atomic E-state index is 0.00951. The highest BCUT2D eigenvalue weighted by Crippen LogP contribution is 2.32. The number of nitrogens with one attached hydrogen (secondary N) is 15. The number of hydrazine groups is 3. The summed E-state index contributed by atoms with van der Waals surface area (Å²) in [7, 11) is 0. The first-order chi connectivity index (χ1) is 65.6. The minimum Gasteiger partial charge on any atom is -0.508 e. The second-order valence-electron chi connectivity index (χ2n) is 36.3. The molecular formula is C98H133N17O21S2. The lowest BCUT2D eigenvalue weighted by atomic mass is 9.80. The number of carboxylic acids is 1. The van der Waals surface area contributed by atoms with E-state index in [1.165, 1.54) is 89.3 Å². The van der Waals surface area contributed by atoms with E-state index >= 15 is 33.6 Å². The van der Waals surface area contributed by atoms with Crippen LogP contribution in [0.4, 0.5) is 0 Å². The first-order valence-corrected chi connectivity index (χ1v) is 48.7. The lowest BCUT2D eigenvalue weighted by molar-refractivity contribution is -0.143. The SMILES string of the molecule is CC(=O)N[C@@H](CC(C)C)C(=O)N[C@H](C(=O)C(=O)[C@H](Cc1ccccc1)NN[C@]1(C)CSCc2ccc(cc2)-c2ccc(cc2)CSC[C@@](C)(C(=O)N[C@@H](CO)C(=O)CN[C@@H](C)C(=O)CCN[C@@H](C)C(=O)CN)NC(=O)[C@H](CC2CCC2)NN[C@@H](CCC(N)=O)C(=O)CN[C@@H](C)C(=O)CC(=O)[C@H](Cc2c[nH]c3ccccc23)NN[C@@H](Cc2ccc(O)cc2)C(=O)C(=O)[C@H](CCC(=O)O)NC1=O)[C@@H](C)O. The van der Waals surface area contributed by atoms with Crippen LogP contribution in [0.1, 0.15) is 161 Å². The number of carbonyl (C=O) groups excluding carboxylic acids is 16. The lowest BCUT2D eigenvalue weighted by Crippen LogP contribution is -2.67. The van der Waals surface area contributed by atoms with Crippen LogP contribution >= 0.6 is 23.5 Å². The summed E-state index contributed by atoms with van der Waals surface area (Å²) in [5.74, 6) is -15.1. The molecule has 4 aliphatic rings. The number of rotatable bonds is 40. The number of thioether (sulfide) groups is 2. The van der Waals surface area contributed by atoms with Gasteiger partial charge < -0.3 is 79.4 Å². The van der Waals surface area contributed by atoms with E-state index in [0.717, 1.165) is 41.5 Å². The van der Waals surface area contributed by atoms with E-state index < -0.39 is 216 Å². The summed E-state index contributed by atoms with van der Waals surface area (Å²) in [4.78, 5) is 244. The zero-order chi connectivity index (χ0) is 101. The molecule has 0 spiro atoms. The zero-order valence-electron chi connectivity index (χ0n) is 79.3. The number of aromatic hydroxyl groups is 1. The maximum Gasteiger partial charge on any atom is 0.303 e. The lowest BCUT2D eigenvalue weighted by Gasteiger charge is -2.35. The van der Waals surface area contributed by atoms with E-state index in [0.29, 0.717) is 27.6 Å². The first-order valence-electron chi connectivity index (χ1n) is 46.4. The monoisotopic (exact) mass is 1950 g/mol. The molecule has 4 heterocycles. The van der Waals surface area contributed by atoms with Crippen molar-refractivity contribution in [3.05, 3.63) is 161 Å². The Morgan fingerprint density at radius 1 is 0.609 bits per heavy atom. The Bertz CT molecular complexity index is 5220. The number of fused-ring (bicyclic) bond motifs is 3. The number of primary amides is 1. The van der Waals surface area contributed by atoms with Crippen molar-refractivity contribution in [2.75, 3.05) is 44.3 Å². The van der Waals surface area contributed by atoms with E-state index in [-0.39, 0.29) is 117 Å². The molecule has 1 fully saturated rings. The van der Waals surface area contributed by atoms with Gasteiger partial charge in [-0.1, -0.05) is 142 Å². The van der Waals surface area contributed by atoms with Crippen LogP contribution in [0, 0.1) is 11.8 Å². The van der Waals surface area contributed by atoms with Gasteiger partial charge in [0.15, 0.2) is 34.7 Å². The number of hydrogen-bond donors (Lipinski definition) is 21. The Balaban J connectivity index is 1.17. The standard InChI is InChI=1S/C98H133N17O21S2/c1-55(2)40-77(105-60(7)118)93(133)108-88(59(6)117)92(132)91(131)76(41-61-16-11-10-12-17-61)114-115-98(9)54-138-52-65-24-30-67(31-25-65)66-28-22-64(23-29-66)51-137-53-97(8,95(135)107-79(50-116)85(125)49-102-56(3)80(120)38-39-101-58(5)83(123)46-99)109-94(134)78(43-62-18-15-19-62)113-110-72(34-36-86(100)126)84(124)48-103-57(4)81(121)45-82(122)74(44-68-47-104-71-21-14-13-20-70(68)71)111-112-75(42-63-26-32-69(119)33-27-63)90(130)89(129)73(106-96(98)136)35-37-87(127)128/h10-14,16-17,20-33,47,55-59,62,72-79,88,101-104,110-117,119H,15,18-19,34-46,48-54,99H2,1-9H3,(H2,100,126)(H,105,118)(H,106,136)(H,107,135)(H,108,133)(H,109,134)(H,127,128)/t56-,57-,58-,59+,72-,73-,74-,75-,76-,77-,78-,79-,88-,97-,98+/m0/s1. The fraction of sp³-hybridized carbons (Fsp3) is 0.500. The number of carbonyl (C=O) groups is 17. The second-order valence-corrected chi connectivity index (χ2v) is 38.3. The molecule has 1 aromatic heterocycles. The molecule has 0 radical (unpaired) electrons. The van der Waals surface area contributed by atoms with Crippen LogP contribution < -0.4 is 86.6 Å². The maximum atomic E-state index is 15.7. The highest BCUT2D eigenvalue weighted by molar-refractivity contribution is 7.98. The number of amides is 6. The van der Waals surface area contributed by atoms with Gasteiger partial charge in [0, 0.05) is 72.8 Å². The molecule has 0 saturated heterocycles. The molecule has 1 aliphatic carbocycles. The van der Waals surface area contributed by atoms with Crippen LogP contribution in [0.25, 0.3) is 22.0 Å². The number of hydrogen-bond acceptors (Lipinski definition) is 32. The number of para-hydroxylation sites is 1. The fourth-order valence-corrected chi connectivity index (χ4v) is 17.8. The van der Waals surface area contributed by atoms with Crippen molar-refractivity contribution < 1.29 is 102 Å². The van der Waals surface area contributed by atoms with Gasteiger partial charge in [-0.3, -0.25) is 81.5 Å². The molecule has 10 rings (SSSR count). The molecule has 15 atom stereocenters. The number of aliphatic hydroxyl groups excluding tert-OH is 2. The predicted molar refractivity (Wildman–Crippen MR) is 520 cm³/mol. The normalized spacial score (nSPS) is 21.9. The van der Waals surface area contributed by atoms with Gasteiger partial charge in [-0.15, -0.1) is 0 Å². The van der Waals surface area contributed by atoms with E-state index in [2.05, 4.69) is 80.1 Å². The zero-order valence-corrected chi connectivity index (χ0v) is 81.0. The quantitative estimate of drug-likeness (QED) is 0.0147. The van der Waals surface area contributed by atoms with E-state index in [4.69, 9.17) is 11.5 Å². The van der Waals surface area contributed by atoms with Gasteiger partial charge >= 0.3 is 5.97 Å². The average molecular weight is 1950 g/mol. The van der Waals surface area contributed by atoms with Crippen LogP contribution in [0.2, 0.25) is 0 Å². The van der Waals surface area contributed by atoms with Crippen molar-refractivity contribution in [3.8, 4) is 16.9 Å². The number of Topliss-reactive ketones (excluding diaryl/α,β-unsaturated/α-hetero) is 10. The number of aromatic amines is 1. The molecule has 40 heteroatoms. The van der Waals surface area contributed by atoms with Gasteiger partial charge in [-0.2, -0.15) is 23.5 Å². The van der Waals surface area contributed by atoms with Crippen LogP contribution in [-0.2, 0) is 112 Å². The highest BCUT2D eigenvalue weighted by Gasteiger charge is 2.45. The fourth-order valence-electron chi connectivity index (χ4n) is 15.5. The van der Waals surface area contributed by atoms with Gasteiger partial charge in [0.05, 0.1) is 87.1 Å². The molecule has 5 aromatic carbocycles. The van der Waals surface area contributed by atoms with Gasteiger partial charge in [0.25, 0.3) is 0 Å². The Kier molecular flexibility index (Phi) is 44.5. The Hall–Kier alpha value is -11.4. The summed E-state index contributed by atoms with van der Waals surface area (Å²) in [5, 5.41) is 65.1. The third-order valence-electron chi connectivity index (χ3n) is 24.4.